The van der Waals surface area contributed by atoms with Crippen LogP contribution in [0.3, 0.4) is 0 Å². The van der Waals surface area contributed by atoms with Gasteiger partial charge in [-0.1, -0.05) is 45.1 Å². The van der Waals surface area contributed by atoms with Crippen LogP contribution in [-0.2, 0) is 4.74 Å². The van der Waals surface area contributed by atoms with Crippen molar-refractivity contribution in [3.63, 3.8) is 0 Å². The molecule has 3 heteroatoms. The number of benzene rings is 1. The van der Waals surface area contributed by atoms with Crippen molar-refractivity contribution in [2.75, 3.05) is 0 Å². The van der Waals surface area contributed by atoms with Gasteiger partial charge in [-0.25, -0.2) is 0 Å². The highest BCUT2D eigenvalue weighted by Gasteiger charge is 2.66. The average Bonchev–Trinajstić information content (AvgIpc) is 3.33. The molecule has 3 aliphatic carbocycles. The Morgan fingerprint density at radius 1 is 1.09 bits per heavy atom. The van der Waals surface area contributed by atoms with Crippen LogP contribution >= 0.6 is 0 Å². The molecule has 3 heterocycles. The molecule has 2 unspecified atom stereocenters. The quantitative estimate of drug-likeness (QED) is 0.551. The SMILES string of the molecule is CC(C)N[C@H]1CCC2=CC3=CC[C@]4(C)C(c5ccc6ccncc6c5)CC[C@H]4[C@@]34CCC2(C1)O4. The molecule has 1 saturated heterocycles. The van der Waals surface area contributed by atoms with Crippen LogP contribution in [0, 0.1) is 11.3 Å². The van der Waals surface area contributed by atoms with Crippen LogP contribution < -0.4 is 5.32 Å². The van der Waals surface area contributed by atoms with Gasteiger partial charge in [0.25, 0.3) is 0 Å². The minimum Gasteiger partial charge on any atom is -0.359 e. The summed E-state index contributed by atoms with van der Waals surface area (Å²) in [6, 6.07) is 10.3. The number of pyridine rings is 1. The van der Waals surface area contributed by atoms with E-state index in [1.165, 1.54) is 66.9 Å². The molecule has 34 heavy (non-hydrogen) atoms. The highest BCUT2D eigenvalue weighted by molar-refractivity contribution is 5.82. The first-order valence-corrected chi connectivity index (χ1v) is 13.6. The molecule has 0 amide bonds. The van der Waals surface area contributed by atoms with Crippen LogP contribution in [0.5, 0.6) is 0 Å². The van der Waals surface area contributed by atoms with Gasteiger partial charge in [-0.2, -0.15) is 0 Å². The van der Waals surface area contributed by atoms with E-state index in [4.69, 9.17) is 4.74 Å². The van der Waals surface area contributed by atoms with Gasteiger partial charge in [-0.3, -0.25) is 4.98 Å². The number of fused-ring (bicyclic) bond motifs is 2. The van der Waals surface area contributed by atoms with Gasteiger partial charge in [0.1, 0.15) is 0 Å². The summed E-state index contributed by atoms with van der Waals surface area (Å²) in [5.41, 5.74) is 4.78. The fraction of sp³-hybridized carbons (Fsp3) is 0.581. The van der Waals surface area contributed by atoms with E-state index in [0.29, 0.717) is 23.9 Å². The van der Waals surface area contributed by atoms with Crippen molar-refractivity contribution >= 4 is 10.8 Å². The molecule has 0 radical (unpaired) electrons. The summed E-state index contributed by atoms with van der Waals surface area (Å²) in [6.45, 7) is 7.12. The van der Waals surface area contributed by atoms with Crippen LogP contribution in [0.15, 0.2) is 60.0 Å². The maximum absolute atomic E-state index is 7.44. The Morgan fingerprint density at radius 3 is 2.88 bits per heavy atom. The van der Waals surface area contributed by atoms with E-state index in [0.717, 1.165) is 6.42 Å². The summed E-state index contributed by atoms with van der Waals surface area (Å²) in [4.78, 5) is 4.38. The number of rotatable bonds is 3. The molecule has 1 aromatic heterocycles. The Labute approximate surface area is 204 Å². The second-order valence-corrected chi connectivity index (χ2v) is 12.5. The van der Waals surface area contributed by atoms with Crippen molar-refractivity contribution in [1.29, 1.82) is 0 Å². The molecule has 3 fully saturated rings. The van der Waals surface area contributed by atoms with Crippen molar-refractivity contribution in [3.8, 4) is 0 Å². The normalized spacial score (nSPS) is 40.5. The van der Waals surface area contributed by atoms with Crippen LogP contribution in [-0.4, -0.2) is 28.3 Å². The van der Waals surface area contributed by atoms with Gasteiger partial charge in [-0.05, 0) is 103 Å². The lowest BCUT2D eigenvalue weighted by molar-refractivity contribution is -0.136. The summed E-state index contributed by atoms with van der Waals surface area (Å²) in [7, 11) is 0. The van der Waals surface area contributed by atoms with E-state index in [1.54, 1.807) is 5.57 Å². The number of aromatic nitrogens is 1. The van der Waals surface area contributed by atoms with E-state index in [9.17, 15) is 0 Å². The molecule has 2 aromatic rings. The topological polar surface area (TPSA) is 34.2 Å². The smallest absolute Gasteiger partial charge is 0.0974 e. The van der Waals surface area contributed by atoms with Crippen molar-refractivity contribution in [1.82, 2.24) is 10.3 Å². The zero-order chi connectivity index (χ0) is 23.1. The zero-order valence-corrected chi connectivity index (χ0v) is 20.9. The van der Waals surface area contributed by atoms with Crippen LogP contribution in [0.1, 0.15) is 83.6 Å². The molecule has 178 valence electrons. The molecular weight excluding hydrogens is 416 g/mol. The third-order valence-corrected chi connectivity index (χ3v) is 10.3. The maximum Gasteiger partial charge on any atom is 0.0974 e. The first-order valence-electron chi connectivity index (χ1n) is 13.6. The molecule has 1 N–H and O–H groups in total. The van der Waals surface area contributed by atoms with E-state index >= 15 is 0 Å². The van der Waals surface area contributed by atoms with E-state index < -0.39 is 0 Å². The van der Waals surface area contributed by atoms with Crippen LogP contribution in [0.25, 0.3) is 10.8 Å². The lowest BCUT2D eigenvalue weighted by Crippen LogP contribution is -2.55. The number of nitrogens with zero attached hydrogens (tertiary/aromatic N) is 1. The summed E-state index contributed by atoms with van der Waals surface area (Å²) >= 11 is 0. The Balaban J connectivity index is 1.25. The summed E-state index contributed by atoms with van der Waals surface area (Å²) < 4.78 is 7.44. The Morgan fingerprint density at radius 2 is 2.00 bits per heavy atom. The monoisotopic (exact) mass is 454 g/mol. The number of ether oxygens (including phenoxy) is 1. The second-order valence-electron chi connectivity index (χ2n) is 12.5. The van der Waals surface area contributed by atoms with Crippen molar-refractivity contribution < 1.29 is 4.74 Å². The third kappa shape index (κ3) is 2.86. The van der Waals surface area contributed by atoms with E-state index in [1.807, 2.05) is 12.4 Å². The summed E-state index contributed by atoms with van der Waals surface area (Å²) in [6.07, 6.45) is 18.8. The zero-order valence-electron chi connectivity index (χ0n) is 20.9. The number of allylic oxidation sites excluding steroid dienone is 1. The molecule has 1 aromatic carbocycles. The molecule has 5 aliphatic rings. The predicted molar refractivity (Wildman–Crippen MR) is 138 cm³/mol. The third-order valence-electron chi connectivity index (χ3n) is 10.3. The fourth-order valence-electron chi connectivity index (χ4n) is 8.89. The van der Waals surface area contributed by atoms with Gasteiger partial charge >= 0.3 is 0 Å². The van der Waals surface area contributed by atoms with Gasteiger partial charge in [0.15, 0.2) is 0 Å². The van der Waals surface area contributed by atoms with Crippen molar-refractivity contribution in [3.05, 3.63) is 65.5 Å². The van der Waals surface area contributed by atoms with E-state index in [2.05, 4.69) is 67.5 Å². The maximum atomic E-state index is 7.44. The van der Waals surface area contributed by atoms with Gasteiger partial charge in [0, 0.05) is 29.9 Å². The highest BCUT2D eigenvalue weighted by atomic mass is 16.5. The fourth-order valence-corrected chi connectivity index (χ4v) is 8.89. The highest BCUT2D eigenvalue weighted by Crippen LogP contribution is 2.69. The standard InChI is InChI=1S/C31H38N2O/c1-20(2)33-26-7-6-24-17-25-10-12-29(3)27(22-5-4-21-11-15-32-19-23(21)16-22)8-9-28(29)31(25)14-13-30(24,18-26)34-31/h4-5,10-11,15-17,19-20,26-28,33H,6-9,12-14,18H2,1-3H3/t26-,27?,28+,29+,30?,31+/m0/s1. The molecule has 3 nitrogen and oxygen atoms in total. The Hall–Kier alpha value is -1.97. The second kappa shape index (κ2) is 7.27. The summed E-state index contributed by atoms with van der Waals surface area (Å²) in [5.74, 6) is 1.19. The molecule has 2 aliphatic heterocycles. The van der Waals surface area contributed by atoms with Crippen molar-refractivity contribution in [2.24, 2.45) is 11.3 Å². The minimum absolute atomic E-state index is 0.0207. The van der Waals surface area contributed by atoms with Gasteiger partial charge in [-0.15, -0.1) is 0 Å². The first-order chi connectivity index (χ1) is 16.4. The van der Waals surface area contributed by atoms with Gasteiger partial charge < -0.3 is 10.1 Å². The summed E-state index contributed by atoms with van der Waals surface area (Å²) in [5, 5.41) is 6.39. The lowest BCUT2D eigenvalue weighted by atomic mass is 9.58. The number of hydrogen-bond donors (Lipinski definition) is 1. The van der Waals surface area contributed by atoms with Crippen LogP contribution in [0.4, 0.5) is 0 Å². The number of hydrogen-bond acceptors (Lipinski definition) is 3. The molecule has 2 spiro atoms. The van der Waals surface area contributed by atoms with Crippen molar-refractivity contribution in [2.45, 2.75) is 101 Å². The molecule has 6 atom stereocenters. The molecular formula is C31H38N2O. The van der Waals surface area contributed by atoms with Gasteiger partial charge in [0.05, 0.1) is 11.2 Å². The number of nitrogens with one attached hydrogen (secondary N) is 1. The first kappa shape index (κ1) is 21.3. The lowest BCUT2D eigenvalue weighted by Gasteiger charge is -2.54. The Kier molecular flexibility index (Phi) is 4.56. The Bertz CT molecular complexity index is 1210. The van der Waals surface area contributed by atoms with Crippen LogP contribution in [0.2, 0.25) is 0 Å². The average molecular weight is 455 g/mol. The minimum atomic E-state index is -0.0661. The van der Waals surface area contributed by atoms with E-state index in [-0.39, 0.29) is 16.6 Å². The largest absolute Gasteiger partial charge is 0.359 e. The molecule has 7 rings (SSSR count). The predicted octanol–water partition coefficient (Wildman–Crippen LogP) is 6.84. The molecule has 2 saturated carbocycles. The van der Waals surface area contributed by atoms with Gasteiger partial charge in [0.2, 0.25) is 0 Å². The molecule has 2 bridgehead atoms.